The van der Waals surface area contributed by atoms with E-state index in [1.165, 1.54) is 16.3 Å². The molecule has 0 aliphatic carbocycles. The number of rotatable bonds is 4. The maximum atomic E-state index is 11.0. The summed E-state index contributed by atoms with van der Waals surface area (Å²) in [6.45, 7) is 0. The quantitative estimate of drug-likeness (QED) is 0.412. The molecular formula is C16H13N7O2. The topological polar surface area (TPSA) is 115 Å². The number of aromatic nitrogens is 4. The highest BCUT2D eigenvalue weighted by Gasteiger charge is 2.26. The predicted molar refractivity (Wildman–Crippen MR) is 90.5 cm³/mol. The molecule has 0 atom stereocenters. The third kappa shape index (κ3) is 2.88. The van der Waals surface area contributed by atoms with Crippen molar-refractivity contribution in [1.29, 1.82) is 5.26 Å². The molecule has 0 saturated carbocycles. The summed E-state index contributed by atoms with van der Waals surface area (Å²) in [5.41, 5.74) is 1.33. The van der Waals surface area contributed by atoms with Crippen LogP contribution in [0.2, 0.25) is 0 Å². The number of imidazole rings is 1. The summed E-state index contributed by atoms with van der Waals surface area (Å²) < 4.78 is 2.74. The van der Waals surface area contributed by atoms with Crippen molar-refractivity contribution in [2.45, 2.75) is 0 Å². The van der Waals surface area contributed by atoms with Gasteiger partial charge in [0, 0.05) is 13.3 Å². The normalized spacial score (nSPS) is 10.9. The van der Waals surface area contributed by atoms with E-state index in [9.17, 15) is 15.4 Å². The lowest BCUT2D eigenvalue weighted by Crippen LogP contribution is -2.00. The van der Waals surface area contributed by atoms with Gasteiger partial charge in [-0.1, -0.05) is 30.3 Å². The molecule has 0 saturated heterocycles. The first-order chi connectivity index (χ1) is 12.0. The number of nitriles is 1. The monoisotopic (exact) mass is 335 g/mol. The lowest BCUT2D eigenvalue weighted by atomic mass is 10.2. The molecule has 0 radical (unpaired) electrons. The summed E-state index contributed by atoms with van der Waals surface area (Å²) in [6.07, 6.45) is 2.76. The molecule has 0 aliphatic heterocycles. The van der Waals surface area contributed by atoms with Crippen LogP contribution in [-0.2, 0) is 14.1 Å². The molecule has 124 valence electrons. The lowest BCUT2D eigenvalue weighted by Gasteiger charge is -1.96. The molecule has 25 heavy (non-hydrogen) atoms. The molecule has 9 nitrogen and oxygen atoms in total. The zero-order valence-corrected chi connectivity index (χ0v) is 13.5. The molecule has 3 rings (SSSR count). The number of benzene rings is 1. The molecule has 0 amide bonds. The van der Waals surface area contributed by atoms with Crippen LogP contribution in [0.25, 0.3) is 11.5 Å². The van der Waals surface area contributed by atoms with Gasteiger partial charge >= 0.3 is 5.82 Å². The van der Waals surface area contributed by atoms with E-state index in [4.69, 9.17) is 0 Å². The van der Waals surface area contributed by atoms with Gasteiger partial charge in [-0.25, -0.2) is 19.2 Å². The van der Waals surface area contributed by atoms with E-state index in [1.807, 2.05) is 30.3 Å². The van der Waals surface area contributed by atoms with Crippen LogP contribution in [0, 0.1) is 21.4 Å². The van der Waals surface area contributed by atoms with Gasteiger partial charge in [0.2, 0.25) is 0 Å². The maximum absolute atomic E-state index is 11.0. The smallest absolute Gasteiger partial charge is 0.342 e. The first-order valence-electron chi connectivity index (χ1n) is 7.25. The Hall–Kier alpha value is -3.80. The van der Waals surface area contributed by atoms with Gasteiger partial charge in [-0.05, 0) is 10.5 Å². The van der Waals surface area contributed by atoms with Gasteiger partial charge < -0.3 is 10.1 Å². The summed E-state index contributed by atoms with van der Waals surface area (Å²) in [7, 11) is 3.16. The van der Waals surface area contributed by atoms with E-state index in [1.54, 1.807) is 13.3 Å². The Labute approximate surface area is 142 Å². The van der Waals surface area contributed by atoms with Crippen LogP contribution in [-0.4, -0.2) is 30.5 Å². The number of nitro groups is 1. The molecule has 9 heteroatoms. The van der Waals surface area contributed by atoms with Crippen molar-refractivity contribution in [3.05, 3.63) is 57.8 Å². The fourth-order valence-electron chi connectivity index (χ4n) is 2.39. The molecule has 1 aromatic carbocycles. The minimum Gasteiger partial charge on any atom is -0.358 e. The van der Waals surface area contributed by atoms with E-state index in [-0.39, 0.29) is 22.9 Å². The molecule has 0 unspecified atom stereocenters. The van der Waals surface area contributed by atoms with Gasteiger partial charge in [-0.15, -0.1) is 0 Å². The molecule has 2 aromatic heterocycles. The Bertz CT molecular complexity index is 1010. The molecule has 0 bridgehead atoms. The fraction of sp³-hybridized carbons (Fsp3) is 0.125. The van der Waals surface area contributed by atoms with E-state index in [2.05, 4.69) is 21.1 Å². The molecule has 0 fully saturated rings. The van der Waals surface area contributed by atoms with Gasteiger partial charge in [0.05, 0.1) is 7.05 Å². The Kier molecular flexibility index (Phi) is 4.09. The van der Waals surface area contributed by atoms with E-state index in [0.29, 0.717) is 5.82 Å². The largest absolute Gasteiger partial charge is 0.358 e. The summed E-state index contributed by atoms with van der Waals surface area (Å²) in [5, 5.41) is 24.8. The lowest BCUT2D eigenvalue weighted by molar-refractivity contribution is -0.391. The highest BCUT2D eigenvalue weighted by atomic mass is 16.6. The molecule has 0 aliphatic rings. The van der Waals surface area contributed by atoms with Gasteiger partial charge in [-0.3, -0.25) is 0 Å². The van der Waals surface area contributed by atoms with Gasteiger partial charge in [0.25, 0.3) is 5.82 Å². The Morgan fingerprint density at radius 2 is 2.04 bits per heavy atom. The summed E-state index contributed by atoms with van der Waals surface area (Å²) in [4.78, 5) is 18.8. The SMILES string of the molecule is Cn1nc(-c2ncc([N+](=O)[O-])n2C)c(C#N)c1N=Cc1ccccc1. The number of hydrogen-bond acceptors (Lipinski definition) is 6. The second-order valence-electron chi connectivity index (χ2n) is 5.21. The van der Waals surface area contributed by atoms with E-state index in [0.717, 1.165) is 11.8 Å². The summed E-state index contributed by atoms with van der Waals surface area (Å²) >= 11 is 0. The standard InChI is InChI=1S/C16H13N7O2/c1-21-13(23(24)25)10-19-16(21)14-12(8-17)15(22(2)20-14)18-9-11-6-4-3-5-7-11/h3-7,9-10H,1-2H3. The zero-order valence-electron chi connectivity index (χ0n) is 13.5. The Balaban J connectivity index is 2.08. The molecular weight excluding hydrogens is 322 g/mol. The number of aliphatic imine (C=N–C) groups is 1. The van der Waals surface area contributed by atoms with Crippen LogP contribution in [0.4, 0.5) is 11.6 Å². The number of hydrogen-bond donors (Lipinski definition) is 0. The third-order valence-corrected chi connectivity index (χ3v) is 3.63. The van der Waals surface area contributed by atoms with Crippen molar-refractivity contribution in [3.63, 3.8) is 0 Å². The highest BCUT2D eigenvalue weighted by Crippen LogP contribution is 2.30. The highest BCUT2D eigenvalue weighted by molar-refractivity contribution is 5.83. The van der Waals surface area contributed by atoms with Crippen LogP contribution in [0.5, 0.6) is 0 Å². The Morgan fingerprint density at radius 3 is 2.64 bits per heavy atom. The molecule has 0 N–H and O–H groups in total. The predicted octanol–water partition coefficient (Wildman–Crippen LogP) is 2.35. The van der Waals surface area contributed by atoms with Gasteiger partial charge in [0.1, 0.15) is 17.8 Å². The van der Waals surface area contributed by atoms with Gasteiger partial charge in [0.15, 0.2) is 11.5 Å². The minimum atomic E-state index is -0.542. The third-order valence-electron chi connectivity index (χ3n) is 3.63. The molecule has 0 spiro atoms. The Morgan fingerprint density at radius 1 is 1.32 bits per heavy atom. The fourth-order valence-corrected chi connectivity index (χ4v) is 2.39. The van der Waals surface area contributed by atoms with E-state index < -0.39 is 4.92 Å². The molecule has 2 heterocycles. The summed E-state index contributed by atoms with van der Waals surface area (Å²) in [5.74, 6) is 0.408. The number of aryl methyl sites for hydroxylation is 1. The summed E-state index contributed by atoms with van der Waals surface area (Å²) in [6, 6.07) is 11.5. The van der Waals surface area contributed by atoms with E-state index >= 15 is 0 Å². The first kappa shape index (κ1) is 16.1. The van der Waals surface area contributed by atoms with Crippen molar-refractivity contribution in [3.8, 4) is 17.6 Å². The minimum absolute atomic E-state index is 0.182. The van der Waals surface area contributed by atoms with Crippen LogP contribution in [0.15, 0.2) is 41.5 Å². The van der Waals surface area contributed by atoms with Gasteiger partial charge in [-0.2, -0.15) is 10.4 Å². The van der Waals surface area contributed by atoms with Crippen molar-refractivity contribution in [2.75, 3.05) is 0 Å². The average molecular weight is 335 g/mol. The second-order valence-corrected chi connectivity index (χ2v) is 5.21. The van der Waals surface area contributed by atoms with Crippen LogP contribution >= 0.6 is 0 Å². The maximum Gasteiger partial charge on any atom is 0.342 e. The average Bonchev–Trinajstić information content (AvgIpc) is 3.13. The van der Waals surface area contributed by atoms with Crippen molar-refractivity contribution >= 4 is 17.9 Å². The second kappa shape index (κ2) is 6.37. The number of nitrogens with zero attached hydrogens (tertiary/aromatic N) is 7. The van der Waals surface area contributed by atoms with Crippen molar-refractivity contribution in [1.82, 2.24) is 19.3 Å². The van der Waals surface area contributed by atoms with Crippen molar-refractivity contribution < 1.29 is 4.92 Å². The zero-order chi connectivity index (χ0) is 18.0. The van der Waals surface area contributed by atoms with Crippen LogP contribution < -0.4 is 0 Å². The molecule has 3 aromatic rings. The van der Waals surface area contributed by atoms with Crippen LogP contribution in [0.3, 0.4) is 0 Å². The van der Waals surface area contributed by atoms with Crippen LogP contribution in [0.1, 0.15) is 11.1 Å². The first-order valence-corrected chi connectivity index (χ1v) is 7.25. The van der Waals surface area contributed by atoms with Crippen molar-refractivity contribution in [2.24, 2.45) is 19.1 Å².